The molecule has 0 heterocycles. The summed E-state index contributed by atoms with van der Waals surface area (Å²) < 4.78 is 10.5. The van der Waals surface area contributed by atoms with Crippen LogP contribution in [0.3, 0.4) is 0 Å². The van der Waals surface area contributed by atoms with Gasteiger partial charge in [0.2, 0.25) is 0 Å². The second-order valence-electron chi connectivity index (χ2n) is 5.38. The molecule has 0 spiro atoms. The molecule has 0 aliphatic rings. The van der Waals surface area contributed by atoms with E-state index in [2.05, 4.69) is 5.32 Å². The molecular weight excluding hydrogens is 278 g/mol. The van der Waals surface area contributed by atoms with Gasteiger partial charge in [0.1, 0.15) is 11.4 Å². The van der Waals surface area contributed by atoms with Crippen molar-refractivity contribution >= 4 is 6.09 Å². The standard InChI is InChI=1S/C16H27NO3.C2H6/c1-8-10-13(19-7)11-12(3)14(9-2)17-15(18)20-16(4,5)6;1-2/h9-11H,8H2,1-7H3,(H,17,18);1-2H3/b12-11-,13-10+,14-9+;. The van der Waals surface area contributed by atoms with Crippen LogP contribution in [0.1, 0.15) is 61.8 Å². The second-order valence-corrected chi connectivity index (χ2v) is 5.38. The summed E-state index contributed by atoms with van der Waals surface area (Å²) in [6, 6.07) is 0. The quantitative estimate of drug-likeness (QED) is 0.551. The van der Waals surface area contributed by atoms with E-state index in [1.807, 2.05) is 73.6 Å². The molecule has 0 saturated carbocycles. The number of hydrogen-bond donors (Lipinski definition) is 1. The van der Waals surface area contributed by atoms with Gasteiger partial charge < -0.3 is 9.47 Å². The summed E-state index contributed by atoms with van der Waals surface area (Å²) in [6.45, 7) is 15.3. The van der Waals surface area contributed by atoms with Gasteiger partial charge in [-0.05, 0) is 58.8 Å². The number of rotatable bonds is 5. The van der Waals surface area contributed by atoms with E-state index in [1.54, 1.807) is 7.11 Å². The number of methoxy groups -OCH3 is 1. The van der Waals surface area contributed by atoms with Crippen LogP contribution in [0.4, 0.5) is 4.79 Å². The third kappa shape index (κ3) is 11.0. The summed E-state index contributed by atoms with van der Waals surface area (Å²) in [4.78, 5) is 11.8. The van der Waals surface area contributed by atoms with E-state index in [0.29, 0.717) is 5.70 Å². The second kappa shape index (κ2) is 11.9. The van der Waals surface area contributed by atoms with Gasteiger partial charge in [0.25, 0.3) is 0 Å². The highest BCUT2D eigenvalue weighted by molar-refractivity contribution is 5.71. The van der Waals surface area contributed by atoms with E-state index in [9.17, 15) is 4.79 Å². The molecular formula is C18H33NO3. The van der Waals surface area contributed by atoms with Crippen LogP contribution in [0.15, 0.2) is 35.3 Å². The third-order valence-electron chi connectivity index (χ3n) is 2.35. The molecule has 0 rings (SSSR count). The summed E-state index contributed by atoms with van der Waals surface area (Å²) in [7, 11) is 1.63. The number of ether oxygens (including phenoxy) is 2. The van der Waals surface area contributed by atoms with Gasteiger partial charge >= 0.3 is 6.09 Å². The molecule has 0 bridgehead atoms. The smallest absolute Gasteiger partial charge is 0.412 e. The Morgan fingerprint density at radius 3 is 2.14 bits per heavy atom. The molecule has 1 N–H and O–H groups in total. The maximum atomic E-state index is 11.8. The SMILES string of the molecule is CC.C\C=C(NC(=O)OC(C)(C)C)/C(C)=C\C(=C/CC)OC. The largest absolute Gasteiger partial charge is 0.497 e. The highest BCUT2D eigenvalue weighted by atomic mass is 16.6. The number of hydrogen-bond acceptors (Lipinski definition) is 3. The number of amides is 1. The van der Waals surface area contributed by atoms with Crippen LogP contribution in [-0.4, -0.2) is 18.8 Å². The van der Waals surface area contributed by atoms with E-state index < -0.39 is 11.7 Å². The van der Waals surface area contributed by atoms with Gasteiger partial charge in [-0.2, -0.15) is 0 Å². The summed E-state index contributed by atoms with van der Waals surface area (Å²) in [6.07, 6.45) is 6.12. The number of nitrogens with one attached hydrogen (secondary N) is 1. The lowest BCUT2D eigenvalue weighted by atomic mass is 10.1. The zero-order chi connectivity index (χ0) is 17.8. The van der Waals surface area contributed by atoms with E-state index in [0.717, 1.165) is 17.8 Å². The van der Waals surface area contributed by atoms with Crippen LogP contribution >= 0.6 is 0 Å². The van der Waals surface area contributed by atoms with Gasteiger partial charge in [-0.25, -0.2) is 4.79 Å². The Bertz CT molecular complexity index is 413. The van der Waals surface area contributed by atoms with E-state index in [1.165, 1.54) is 0 Å². The van der Waals surface area contributed by atoms with Crippen molar-refractivity contribution in [1.29, 1.82) is 0 Å². The van der Waals surface area contributed by atoms with Crippen molar-refractivity contribution < 1.29 is 14.3 Å². The Morgan fingerprint density at radius 1 is 1.23 bits per heavy atom. The summed E-state index contributed by atoms with van der Waals surface area (Å²) in [5.74, 6) is 0.773. The first kappa shape index (κ1) is 22.6. The van der Waals surface area contributed by atoms with Gasteiger partial charge in [0.05, 0.1) is 7.11 Å². The molecule has 0 aromatic carbocycles. The molecule has 0 fully saturated rings. The van der Waals surface area contributed by atoms with Crippen LogP contribution in [0.2, 0.25) is 0 Å². The van der Waals surface area contributed by atoms with Crippen molar-refractivity contribution in [2.24, 2.45) is 0 Å². The Balaban J connectivity index is 0. The van der Waals surface area contributed by atoms with Crippen molar-refractivity contribution in [2.45, 2.75) is 67.4 Å². The van der Waals surface area contributed by atoms with Crippen LogP contribution in [-0.2, 0) is 9.47 Å². The molecule has 128 valence electrons. The minimum absolute atomic E-state index is 0.461. The number of carbonyl (C=O) groups excluding carboxylic acids is 1. The van der Waals surface area contributed by atoms with Crippen LogP contribution < -0.4 is 5.32 Å². The van der Waals surface area contributed by atoms with Crippen molar-refractivity contribution in [3.63, 3.8) is 0 Å². The number of allylic oxidation sites excluding steroid dienone is 4. The summed E-state index contributed by atoms with van der Waals surface area (Å²) in [5, 5.41) is 2.74. The minimum Gasteiger partial charge on any atom is -0.497 e. The first-order valence-electron chi connectivity index (χ1n) is 7.82. The molecule has 22 heavy (non-hydrogen) atoms. The lowest BCUT2D eigenvalue weighted by Gasteiger charge is -2.20. The van der Waals surface area contributed by atoms with Crippen molar-refractivity contribution in [3.8, 4) is 0 Å². The lowest BCUT2D eigenvalue weighted by Crippen LogP contribution is -2.32. The van der Waals surface area contributed by atoms with E-state index >= 15 is 0 Å². The predicted octanol–water partition coefficient (Wildman–Crippen LogP) is 5.33. The fourth-order valence-corrected chi connectivity index (χ4v) is 1.51. The van der Waals surface area contributed by atoms with Gasteiger partial charge in [-0.1, -0.05) is 26.8 Å². The fourth-order valence-electron chi connectivity index (χ4n) is 1.51. The zero-order valence-corrected chi connectivity index (χ0v) is 15.7. The first-order chi connectivity index (χ1) is 10.2. The van der Waals surface area contributed by atoms with Crippen LogP contribution in [0, 0.1) is 0 Å². The Morgan fingerprint density at radius 2 is 1.77 bits per heavy atom. The zero-order valence-electron chi connectivity index (χ0n) is 15.7. The normalized spacial score (nSPS) is 13.0. The van der Waals surface area contributed by atoms with Crippen LogP contribution in [0.25, 0.3) is 0 Å². The van der Waals surface area contributed by atoms with Gasteiger partial charge in [-0.3, -0.25) is 5.32 Å². The average Bonchev–Trinajstić information content (AvgIpc) is 2.44. The molecule has 0 saturated heterocycles. The minimum atomic E-state index is -0.514. The topological polar surface area (TPSA) is 47.6 Å². The molecule has 1 amide bonds. The molecule has 0 aliphatic carbocycles. The fraction of sp³-hybridized carbons (Fsp3) is 0.611. The maximum Gasteiger partial charge on any atom is 0.412 e. The first-order valence-corrected chi connectivity index (χ1v) is 7.82. The number of alkyl carbamates (subject to hydrolysis) is 1. The molecule has 0 aliphatic heterocycles. The highest BCUT2D eigenvalue weighted by Gasteiger charge is 2.17. The predicted molar refractivity (Wildman–Crippen MR) is 93.6 cm³/mol. The summed E-state index contributed by atoms with van der Waals surface area (Å²) >= 11 is 0. The Hall–Kier alpha value is -1.71. The van der Waals surface area contributed by atoms with Crippen molar-refractivity contribution in [1.82, 2.24) is 5.32 Å². The summed E-state index contributed by atoms with van der Waals surface area (Å²) in [5.41, 5.74) is 1.10. The molecule has 0 aromatic heterocycles. The molecule has 0 aromatic rings. The highest BCUT2D eigenvalue weighted by Crippen LogP contribution is 2.13. The van der Waals surface area contributed by atoms with Crippen molar-refractivity contribution in [3.05, 3.63) is 35.3 Å². The lowest BCUT2D eigenvalue weighted by molar-refractivity contribution is 0.0547. The van der Waals surface area contributed by atoms with Gasteiger partial charge in [-0.15, -0.1) is 0 Å². The molecule has 0 atom stereocenters. The molecule has 0 radical (unpaired) electrons. The molecule has 4 nitrogen and oxygen atoms in total. The number of carbonyl (C=O) groups is 1. The third-order valence-corrected chi connectivity index (χ3v) is 2.35. The van der Waals surface area contributed by atoms with Gasteiger partial charge in [0.15, 0.2) is 0 Å². The Kier molecular flexibility index (Phi) is 12.2. The van der Waals surface area contributed by atoms with E-state index in [-0.39, 0.29) is 0 Å². The Labute approximate surface area is 136 Å². The maximum absolute atomic E-state index is 11.8. The van der Waals surface area contributed by atoms with Gasteiger partial charge in [0, 0.05) is 5.70 Å². The molecule has 4 heteroatoms. The monoisotopic (exact) mass is 311 g/mol. The van der Waals surface area contributed by atoms with Crippen LogP contribution in [0.5, 0.6) is 0 Å². The molecule has 0 unspecified atom stereocenters. The average molecular weight is 311 g/mol. The van der Waals surface area contributed by atoms with E-state index in [4.69, 9.17) is 9.47 Å². The van der Waals surface area contributed by atoms with Crippen molar-refractivity contribution in [2.75, 3.05) is 7.11 Å².